The first-order valence-corrected chi connectivity index (χ1v) is 7.69. The highest BCUT2D eigenvalue weighted by Gasteiger charge is 2.40. The molecule has 1 aliphatic heterocycles. The van der Waals surface area contributed by atoms with Crippen molar-refractivity contribution in [2.24, 2.45) is 5.92 Å². The minimum atomic E-state index is -0.261. The molecule has 3 atom stereocenters. The van der Waals surface area contributed by atoms with Crippen LogP contribution in [-0.4, -0.2) is 46.7 Å². The van der Waals surface area contributed by atoms with Gasteiger partial charge < -0.3 is 14.7 Å². The van der Waals surface area contributed by atoms with Crippen molar-refractivity contribution < 1.29 is 14.6 Å². The molecule has 1 aromatic heterocycles. The number of aromatic nitrogens is 1. The summed E-state index contributed by atoms with van der Waals surface area (Å²) in [5.74, 6) is 0.736. The van der Waals surface area contributed by atoms with Gasteiger partial charge in [0.1, 0.15) is 5.75 Å². The second-order valence-electron chi connectivity index (χ2n) is 5.95. The van der Waals surface area contributed by atoms with Crippen molar-refractivity contribution in [1.82, 2.24) is 9.88 Å². The highest BCUT2D eigenvalue weighted by atomic mass is 16.5. The Morgan fingerprint density at radius 1 is 1.38 bits per heavy atom. The molecule has 2 aliphatic rings. The molecule has 0 radical (unpaired) electrons. The predicted molar refractivity (Wildman–Crippen MR) is 78.2 cm³/mol. The van der Waals surface area contributed by atoms with Crippen LogP contribution < -0.4 is 4.74 Å². The van der Waals surface area contributed by atoms with Gasteiger partial charge in [-0.25, -0.2) is 0 Å². The second kappa shape index (κ2) is 6.02. The Hall–Kier alpha value is -1.62. The highest BCUT2D eigenvalue weighted by molar-refractivity contribution is 5.97. The Morgan fingerprint density at radius 3 is 2.95 bits per heavy atom. The van der Waals surface area contributed by atoms with E-state index in [0.717, 1.165) is 38.6 Å². The van der Waals surface area contributed by atoms with Crippen LogP contribution in [0.4, 0.5) is 0 Å². The number of nitrogens with zero attached hydrogens (tertiary/aromatic N) is 2. The van der Waals surface area contributed by atoms with Crippen molar-refractivity contribution in [2.45, 2.75) is 44.2 Å². The van der Waals surface area contributed by atoms with Gasteiger partial charge in [0.15, 0.2) is 0 Å². The topological polar surface area (TPSA) is 62.7 Å². The number of aliphatic hydroxyl groups excluding tert-OH is 1. The Bertz CT molecular complexity index is 520. The molecule has 3 unspecified atom stereocenters. The minimum Gasteiger partial charge on any atom is -0.494 e. The monoisotopic (exact) mass is 290 g/mol. The van der Waals surface area contributed by atoms with Crippen LogP contribution in [0, 0.1) is 5.92 Å². The minimum absolute atomic E-state index is 0.00384. The fraction of sp³-hybridized carbons (Fsp3) is 0.625. The molecule has 0 bridgehead atoms. The lowest BCUT2D eigenvalue weighted by Gasteiger charge is -2.31. The molecule has 5 nitrogen and oxygen atoms in total. The van der Waals surface area contributed by atoms with Crippen molar-refractivity contribution in [3.05, 3.63) is 24.0 Å². The average molecular weight is 290 g/mol. The largest absolute Gasteiger partial charge is 0.494 e. The summed E-state index contributed by atoms with van der Waals surface area (Å²) >= 11 is 0. The second-order valence-corrected chi connectivity index (χ2v) is 5.95. The maximum absolute atomic E-state index is 12.8. The summed E-state index contributed by atoms with van der Waals surface area (Å²) in [5.41, 5.74) is 0.562. The third kappa shape index (κ3) is 2.62. The molecule has 1 N–H and O–H groups in total. The highest BCUT2D eigenvalue weighted by Crippen LogP contribution is 2.36. The van der Waals surface area contributed by atoms with Crippen LogP contribution in [-0.2, 0) is 0 Å². The van der Waals surface area contributed by atoms with E-state index in [9.17, 15) is 9.90 Å². The third-order valence-electron chi connectivity index (χ3n) is 4.82. The van der Waals surface area contributed by atoms with Crippen LogP contribution in [0.3, 0.4) is 0 Å². The molecule has 1 aromatic rings. The van der Waals surface area contributed by atoms with Crippen LogP contribution in [0.2, 0.25) is 0 Å². The number of aliphatic hydroxyl groups is 1. The molecule has 0 aromatic carbocycles. The smallest absolute Gasteiger partial charge is 0.257 e. The van der Waals surface area contributed by atoms with Gasteiger partial charge in [-0.2, -0.15) is 0 Å². The summed E-state index contributed by atoms with van der Waals surface area (Å²) in [6, 6.07) is 1.87. The summed E-state index contributed by atoms with van der Waals surface area (Å²) in [5, 5.41) is 10.1. The van der Waals surface area contributed by atoms with E-state index in [4.69, 9.17) is 4.74 Å². The van der Waals surface area contributed by atoms with E-state index in [-0.39, 0.29) is 24.0 Å². The van der Waals surface area contributed by atoms with Gasteiger partial charge in [-0.15, -0.1) is 0 Å². The van der Waals surface area contributed by atoms with Gasteiger partial charge in [-0.1, -0.05) is 6.42 Å². The number of likely N-dealkylation sites (tertiary alicyclic amines) is 1. The molecule has 1 saturated heterocycles. The van der Waals surface area contributed by atoms with E-state index in [1.54, 1.807) is 25.6 Å². The van der Waals surface area contributed by atoms with Gasteiger partial charge in [-0.05, 0) is 31.7 Å². The molecule has 2 heterocycles. The summed E-state index contributed by atoms with van der Waals surface area (Å²) < 4.78 is 5.25. The molecular weight excluding hydrogens is 268 g/mol. The van der Waals surface area contributed by atoms with Crippen molar-refractivity contribution >= 4 is 5.91 Å². The number of ether oxygens (including phenoxy) is 1. The van der Waals surface area contributed by atoms with Gasteiger partial charge >= 0.3 is 0 Å². The van der Waals surface area contributed by atoms with Gasteiger partial charge in [0.2, 0.25) is 0 Å². The Balaban J connectivity index is 1.83. The molecular formula is C16H22N2O3. The summed E-state index contributed by atoms with van der Waals surface area (Å²) in [4.78, 5) is 18.8. The van der Waals surface area contributed by atoms with E-state index in [0.29, 0.717) is 11.3 Å². The molecule has 0 spiro atoms. The Labute approximate surface area is 124 Å². The molecule has 114 valence electrons. The zero-order chi connectivity index (χ0) is 14.8. The number of carbonyl (C=O) groups is 1. The molecule has 1 amide bonds. The van der Waals surface area contributed by atoms with Crippen molar-refractivity contribution in [1.29, 1.82) is 0 Å². The van der Waals surface area contributed by atoms with E-state index in [1.165, 1.54) is 0 Å². The van der Waals surface area contributed by atoms with E-state index in [1.807, 2.05) is 4.90 Å². The average Bonchev–Trinajstić information content (AvgIpc) is 3.14. The number of rotatable bonds is 3. The normalized spacial score (nSPS) is 28.9. The van der Waals surface area contributed by atoms with Gasteiger partial charge in [0, 0.05) is 24.7 Å². The summed E-state index contributed by atoms with van der Waals surface area (Å²) in [6.07, 6.45) is 7.86. The molecule has 5 heteroatoms. The van der Waals surface area contributed by atoms with Crippen molar-refractivity contribution in [3.8, 4) is 5.75 Å². The fourth-order valence-corrected chi connectivity index (χ4v) is 3.78. The maximum Gasteiger partial charge on any atom is 0.257 e. The van der Waals surface area contributed by atoms with Crippen LogP contribution in [0.5, 0.6) is 5.75 Å². The number of hydrogen-bond acceptors (Lipinski definition) is 4. The third-order valence-corrected chi connectivity index (χ3v) is 4.82. The molecule has 3 rings (SSSR count). The quantitative estimate of drug-likeness (QED) is 0.923. The van der Waals surface area contributed by atoms with E-state index in [2.05, 4.69) is 4.98 Å². The van der Waals surface area contributed by atoms with Crippen LogP contribution in [0.25, 0.3) is 0 Å². The summed E-state index contributed by atoms with van der Waals surface area (Å²) in [6.45, 7) is 0.762. The number of pyridine rings is 1. The lowest BCUT2D eigenvalue weighted by Crippen LogP contribution is -2.42. The Morgan fingerprint density at radius 2 is 2.24 bits per heavy atom. The first kappa shape index (κ1) is 14.3. The van der Waals surface area contributed by atoms with Crippen LogP contribution in [0.1, 0.15) is 42.5 Å². The zero-order valence-electron chi connectivity index (χ0n) is 12.4. The first-order chi connectivity index (χ1) is 10.2. The predicted octanol–water partition coefficient (Wildman–Crippen LogP) is 1.86. The fourth-order valence-electron chi connectivity index (χ4n) is 3.78. The number of hydrogen-bond donors (Lipinski definition) is 1. The van der Waals surface area contributed by atoms with Gasteiger partial charge in [0.25, 0.3) is 5.91 Å². The lowest BCUT2D eigenvalue weighted by molar-refractivity contribution is 0.0525. The van der Waals surface area contributed by atoms with Gasteiger partial charge in [-0.3, -0.25) is 9.78 Å². The van der Waals surface area contributed by atoms with Crippen molar-refractivity contribution in [2.75, 3.05) is 13.7 Å². The summed E-state index contributed by atoms with van der Waals surface area (Å²) in [7, 11) is 1.55. The SMILES string of the molecule is COc1cnccc1C(=O)N1CCCC1C1CCCC1O. The number of carbonyl (C=O) groups excluding carboxylic acids is 1. The molecule has 1 aliphatic carbocycles. The molecule has 1 saturated carbocycles. The van der Waals surface area contributed by atoms with Gasteiger partial charge in [0.05, 0.1) is 25.0 Å². The maximum atomic E-state index is 12.8. The van der Waals surface area contributed by atoms with Crippen molar-refractivity contribution in [3.63, 3.8) is 0 Å². The van der Waals surface area contributed by atoms with E-state index >= 15 is 0 Å². The zero-order valence-corrected chi connectivity index (χ0v) is 12.4. The number of methoxy groups -OCH3 is 1. The van der Waals surface area contributed by atoms with Crippen LogP contribution in [0.15, 0.2) is 18.5 Å². The molecule has 21 heavy (non-hydrogen) atoms. The van der Waals surface area contributed by atoms with E-state index < -0.39 is 0 Å². The lowest BCUT2D eigenvalue weighted by atomic mass is 9.93. The molecule has 2 fully saturated rings. The number of amides is 1. The Kier molecular flexibility index (Phi) is 4.10. The van der Waals surface area contributed by atoms with Crippen LogP contribution >= 0.6 is 0 Å². The standard InChI is InChI=1S/C16H22N2O3/c1-21-15-10-17-8-7-12(15)16(20)18-9-3-5-13(18)11-4-2-6-14(11)19/h7-8,10-11,13-14,19H,2-6,9H2,1H3. The first-order valence-electron chi connectivity index (χ1n) is 7.69.